The van der Waals surface area contributed by atoms with Crippen LogP contribution in [0.15, 0.2) is 4.79 Å². The lowest BCUT2D eigenvalue weighted by Crippen LogP contribution is -2.55. The van der Waals surface area contributed by atoms with Crippen molar-refractivity contribution in [3.05, 3.63) is 27.2 Å². The summed E-state index contributed by atoms with van der Waals surface area (Å²) in [5, 5.41) is 17.8. The lowest BCUT2D eigenvalue weighted by atomic mass is 9.98. The Hall–Kier alpha value is -1.83. The Balaban J connectivity index is 2.36. The molecule has 1 saturated heterocycles. The third-order valence-corrected chi connectivity index (χ3v) is 4.67. The Morgan fingerprint density at radius 3 is 2.70 bits per heavy atom. The van der Waals surface area contributed by atoms with Crippen molar-refractivity contribution >= 4 is 23.6 Å². The summed E-state index contributed by atoms with van der Waals surface area (Å²) in [5.41, 5.74) is -0.998. The van der Waals surface area contributed by atoms with Gasteiger partial charge in [-0.3, -0.25) is 9.59 Å². The molecule has 20 heavy (non-hydrogen) atoms. The van der Waals surface area contributed by atoms with Gasteiger partial charge >= 0.3 is 5.97 Å². The average Bonchev–Trinajstić information content (AvgIpc) is 2.84. The number of aromatic amines is 1. The van der Waals surface area contributed by atoms with E-state index in [-0.39, 0.29) is 5.56 Å². The molecule has 1 amide bonds. The number of carbonyl (C=O) groups is 2. The standard InChI is InChI=1S/C12H15N3O4S/c1-6-7(2)14-15-10(17)8(6)9(16)13-12(11(18)19)3-4-20-5-12/h3-5H2,1-2H3,(H,13,16)(H,15,17)(H,18,19). The summed E-state index contributed by atoms with van der Waals surface area (Å²) in [5.74, 6) is -0.776. The largest absolute Gasteiger partial charge is 0.479 e. The molecule has 3 N–H and O–H groups in total. The molecule has 0 spiro atoms. The Kier molecular flexibility index (Phi) is 3.85. The summed E-state index contributed by atoms with van der Waals surface area (Å²) in [6.45, 7) is 3.28. The molecule has 0 saturated carbocycles. The second kappa shape index (κ2) is 5.28. The van der Waals surface area contributed by atoms with E-state index in [9.17, 15) is 19.5 Å². The van der Waals surface area contributed by atoms with Gasteiger partial charge in [-0.15, -0.1) is 0 Å². The van der Waals surface area contributed by atoms with Crippen LogP contribution in [0, 0.1) is 13.8 Å². The predicted molar refractivity (Wildman–Crippen MR) is 74.1 cm³/mol. The maximum Gasteiger partial charge on any atom is 0.330 e. The number of thioether (sulfide) groups is 1. The first kappa shape index (κ1) is 14.6. The highest BCUT2D eigenvalue weighted by Crippen LogP contribution is 2.28. The summed E-state index contributed by atoms with van der Waals surface area (Å²) in [7, 11) is 0. The number of aromatic nitrogens is 2. The fourth-order valence-corrected chi connectivity index (χ4v) is 3.39. The molecule has 1 fully saturated rings. The number of H-pyrrole nitrogens is 1. The minimum Gasteiger partial charge on any atom is -0.479 e. The molecule has 1 aromatic rings. The molecule has 1 aliphatic heterocycles. The number of rotatable bonds is 3. The zero-order valence-electron chi connectivity index (χ0n) is 11.1. The molecule has 1 atom stereocenters. The van der Waals surface area contributed by atoms with Gasteiger partial charge in [0.2, 0.25) is 0 Å². The Morgan fingerprint density at radius 1 is 1.45 bits per heavy atom. The highest BCUT2D eigenvalue weighted by molar-refractivity contribution is 7.99. The first-order valence-electron chi connectivity index (χ1n) is 6.07. The fourth-order valence-electron chi connectivity index (χ4n) is 2.06. The molecule has 8 heteroatoms. The molecule has 1 unspecified atom stereocenters. The van der Waals surface area contributed by atoms with Crippen LogP contribution < -0.4 is 10.9 Å². The van der Waals surface area contributed by atoms with E-state index in [2.05, 4.69) is 15.5 Å². The fraction of sp³-hybridized carbons (Fsp3) is 0.500. The SMILES string of the molecule is Cc1n[nH]c(=O)c(C(=O)NC2(C(=O)O)CCSC2)c1C. The Morgan fingerprint density at radius 2 is 2.15 bits per heavy atom. The van der Waals surface area contributed by atoms with E-state index >= 15 is 0 Å². The predicted octanol–water partition coefficient (Wildman–Crippen LogP) is 0.0768. The van der Waals surface area contributed by atoms with Crippen LogP contribution in [0.3, 0.4) is 0 Å². The number of hydrogen-bond acceptors (Lipinski definition) is 5. The van der Waals surface area contributed by atoms with Crippen molar-refractivity contribution < 1.29 is 14.7 Å². The van der Waals surface area contributed by atoms with E-state index in [0.717, 1.165) is 0 Å². The first-order chi connectivity index (χ1) is 9.37. The quantitative estimate of drug-likeness (QED) is 0.728. The summed E-state index contributed by atoms with van der Waals surface area (Å²) in [6.07, 6.45) is 0.347. The molecule has 1 aromatic heterocycles. The lowest BCUT2D eigenvalue weighted by Gasteiger charge is -2.24. The molecule has 2 heterocycles. The van der Waals surface area contributed by atoms with Crippen molar-refractivity contribution in [3.63, 3.8) is 0 Å². The Labute approximate surface area is 119 Å². The first-order valence-corrected chi connectivity index (χ1v) is 7.22. The van der Waals surface area contributed by atoms with Crippen molar-refractivity contribution in [1.82, 2.24) is 15.5 Å². The number of nitrogens with zero attached hydrogens (tertiary/aromatic N) is 1. The molecule has 1 aliphatic rings. The van der Waals surface area contributed by atoms with E-state index in [0.29, 0.717) is 29.2 Å². The van der Waals surface area contributed by atoms with Gasteiger partial charge < -0.3 is 10.4 Å². The van der Waals surface area contributed by atoms with E-state index in [1.54, 1.807) is 13.8 Å². The van der Waals surface area contributed by atoms with Crippen LogP contribution in [-0.4, -0.2) is 44.2 Å². The van der Waals surface area contributed by atoms with E-state index in [4.69, 9.17) is 0 Å². The number of carbonyl (C=O) groups excluding carboxylic acids is 1. The number of hydrogen-bond donors (Lipinski definition) is 3. The summed E-state index contributed by atoms with van der Waals surface area (Å²) < 4.78 is 0. The van der Waals surface area contributed by atoms with Crippen LogP contribution in [0.2, 0.25) is 0 Å². The van der Waals surface area contributed by atoms with Gasteiger partial charge in [-0.05, 0) is 31.6 Å². The molecular weight excluding hydrogens is 282 g/mol. The number of aryl methyl sites for hydroxylation is 1. The van der Waals surface area contributed by atoms with Gasteiger partial charge in [0.1, 0.15) is 11.1 Å². The van der Waals surface area contributed by atoms with E-state index < -0.39 is 23.0 Å². The van der Waals surface area contributed by atoms with Crippen LogP contribution in [-0.2, 0) is 4.79 Å². The van der Waals surface area contributed by atoms with E-state index in [1.807, 2.05) is 0 Å². The normalized spacial score (nSPS) is 21.7. The minimum atomic E-state index is -1.29. The highest BCUT2D eigenvalue weighted by Gasteiger charge is 2.43. The van der Waals surface area contributed by atoms with Crippen LogP contribution in [0.1, 0.15) is 28.0 Å². The van der Waals surface area contributed by atoms with Crippen LogP contribution in [0.4, 0.5) is 0 Å². The molecule has 7 nitrogen and oxygen atoms in total. The third-order valence-electron chi connectivity index (χ3n) is 3.48. The molecule has 2 rings (SSSR count). The van der Waals surface area contributed by atoms with Crippen molar-refractivity contribution in [2.24, 2.45) is 0 Å². The molecule has 0 aliphatic carbocycles. The maximum atomic E-state index is 12.3. The van der Waals surface area contributed by atoms with Crippen LogP contribution >= 0.6 is 11.8 Å². The minimum absolute atomic E-state index is 0.0741. The van der Waals surface area contributed by atoms with Gasteiger partial charge in [0.15, 0.2) is 0 Å². The monoisotopic (exact) mass is 297 g/mol. The average molecular weight is 297 g/mol. The number of carboxylic acids is 1. The van der Waals surface area contributed by atoms with Crippen molar-refractivity contribution in [3.8, 4) is 0 Å². The van der Waals surface area contributed by atoms with Crippen LogP contribution in [0.5, 0.6) is 0 Å². The molecule has 0 radical (unpaired) electrons. The number of amides is 1. The van der Waals surface area contributed by atoms with Gasteiger partial charge in [0.25, 0.3) is 11.5 Å². The molecular formula is C12H15N3O4S. The zero-order chi connectivity index (χ0) is 14.9. The van der Waals surface area contributed by atoms with Crippen molar-refractivity contribution in [1.29, 1.82) is 0 Å². The smallest absolute Gasteiger partial charge is 0.330 e. The lowest BCUT2D eigenvalue weighted by molar-refractivity contribution is -0.143. The Bertz CT molecular complexity index is 620. The van der Waals surface area contributed by atoms with Crippen molar-refractivity contribution in [2.45, 2.75) is 25.8 Å². The van der Waals surface area contributed by atoms with Gasteiger partial charge in [-0.2, -0.15) is 16.9 Å². The summed E-state index contributed by atoms with van der Waals surface area (Å²) in [4.78, 5) is 35.4. The third kappa shape index (κ3) is 2.43. The number of carboxylic acid groups (broad SMARTS) is 1. The molecule has 0 aromatic carbocycles. The maximum absolute atomic E-state index is 12.3. The van der Waals surface area contributed by atoms with E-state index in [1.165, 1.54) is 11.8 Å². The van der Waals surface area contributed by atoms with Gasteiger partial charge in [-0.25, -0.2) is 9.89 Å². The topological polar surface area (TPSA) is 112 Å². The van der Waals surface area contributed by atoms with Crippen molar-refractivity contribution in [2.75, 3.05) is 11.5 Å². The van der Waals surface area contributed by atoms with Gasteiger partial charge in [0, 0.05) is 5.75 Å². The van der Waals surface area contributed by atoms with Gasteiger partial charge in [0.05, 0.1) is 5.69 Å². The second-order valence-corrected chi connectivity index (χ2v) is 5.89. The summed E-state index contributed by atoms with van der Waals surface area (Å²) in [6, 6.07) is 0. The zero-order valence-corrected chi connectivity index (χ0v) is 12.0. The molecule has 0 bridgehead atoms. The highest BCUT2D eigenvalue weighted by atomic mass is 32.2. The molecule has 108 valence electrons. The summed E-state index contributed by atoms with van der Waals surface area (Å²) >= 11 is 1.46. The van der Waals surface area contributed by atoms with Gasteiger partial charge in [-0.1, -0.05) is 0 Å². The van der Waals surface area contributed by atoms with Crippen LogP contribution in [0.25, 0.3) is 0 Å². The number of aliphatic carboxylic acids is 1. The second-order valence-electron chi connectivity index (χ2n) is 4.78. The number of nitrogens with one attached hydrogen (secondary N) is 2.